The maximum atomic E-state index is 13.2. The Kier molecular flexibility index (Phi) is 5.69. The number of hydrogen-bond acceptors (Lipinski definition) is 4. The highest BCUT2D eigenvalue weighted by Gasteiger charge is 2.22. The van der Waals surface area contributed by atoms with Crippen LogP contribution < -0.4 is 10.1 Å². The van der Waals surface area contributed by atoms with Crippen LogP contribution >= 0.6 is 0 Å². The second-order valence-corrected chi connectivity index (χ2v) is 5.39. The number of ether oxygens (including phenoxy) is 1. The van der Waals surface area contributed by atoms with E-state index in [1.807, 2.05) is 21.0 Å². The largest absolute Gasteiger partial charge is 0.475 e. The molecular weight excluding hydrogens is 245 g/mol. The lowest BCUT2D eigenvalue weighted by Gasteiger charge is -2.32. The van der Waals surface area contributed by atoms with Crippen molar-refractivity contribution in [2.75, 3.05) is 27.2 Å². The van der Waals surface area contributed by atoms with Crippen molar-refractivity contribution in [3.8, 4) is 5.88 Å². The minimum atomic E-state index is -0.341. The van der Waals surface area contributed by atoms with Crippen LogP contribution in [0.1, 0.15) is 26.3 Å². The van der Waals surface area contributed by atoms with Gasteiger partial charge in [-0.3, -0.25) is 0 Å². The molecule has 0 aliphatic heterocycles. The van der Waals surface area contributed by atoms with E-state index in [1.54, 1.807) is 0 Å². The lowest BCUT2D eigenvalue weighted by molar-refractivity contribution is 0.110. The second kappa shape index (κ2) is 6.82. The summed E-state index contributed by atoms with van der Waals surface area (Å²) >= 11 is 0. The zero-order chi connectivity index (χ0) is 14.5. The number of aromatic nitrogens is 1. The van der Waals surface area contributed by atoms with Crippen molar-refractivity contribution in [3.63, 3.8) is 0 Å². The summed E-state index contributed by atoms with van der Waals surface area (Å²) in [6, 6.07) is 1.47. The summed E-state index contributed by atoms with van der Waals surface area (Å²) in [6.07, 6.45) is 1.19. The van der Waals surface area contributed by atoms with E-state index < -0.39 is 0 Å². The predicted octanol–water partition coefficient (Wildman–Crippen LogP) is 2.05. The van der Waals surface area contributed by atoms with Gasteiger partial charge in [0.1, 0.15) is 12.4 Å². The summed E-state index contributed by atoms with van der Waals surface area (Å²) in [4.78, 5) is 6.12. The molecule has 0 unspecified atom stereocenters. The fourth-order valence-corrected chi connectivity index (χ4v) is 1.36. The minimum Gasteiger partial charge on any atom is -0.475 e. The summed E-state index contributed by atoms with van der Waals surface area (Å²) in [7, 11) is 4.00. The Bertz CT molecular complexity index is 408. The molecule has 1 aromatic rings. The molecule has 108 valence electrons. The van der Waals surface area contributed by atoms with E-state index in [2.05, 4.69) is 29.0 Å². The Morgan fingerprint density at radius 1 is 1.42 bits per heavy atom. The Morgan fingerprint density at radius 3 is 2.68 bits per heavy atom. The zero-order valence-electron chi connectivity index (χ0n) is 12.5. The van der Waals surface area contributed by atoms with Crippen LogP contribution in [0.4, 0.5) is 4.39 Å². The van der Waals surface area contributed by atoms with Gasteiger partial charge in [0.05, 0.1) is 6.20 Å². The SMILES string of the molecule is CCNCc1cc(F)cnc1OCC(C)(C)N(C)C. The van der Waals surface area contributed by atoms with E-state index in [1.165, 1.54) is 12.3 Å². The van der Waals surface area contributed by atoms with Gasteiger partial charge in [-0.05, 0) is 40.6 Å². The fourth-order valence-electron chi connectivity index (χ4n) is 1.36. The number of nitrogens with one attached hydrogen (secondary N) is 1. The van der Waals surface area contributed by atoms with Gasteiger partial charge < -0.3 is 15.0 Å². The molecule has 0 spiro atoms. The first-order chi connectivity index (χ1) is 8.86. The van der Waals surface area contributed by atoms with Crippen molar-refractivity contribution in [2.24, 2.45) is 0 Å². The lowest BCUT2D eigenvalue weighted by Crippen LogP contribution is -2.43. The first-order valence-corrected chi connectivity index (χ1v) is 6.52. The smallest absolute Gasteiger partial charge is 0.218 e. The molecule has 0 aliphatic carbocycles. The second-order valence-electron chi connectivity index (χ2n) is 5.39. The van der Waals surface area contributed by atoms with Crippen LogP contribution in [0.25, 0.3) is 0 Å². The molecule has 0 amide bonds. The van der Waals surface area contributed by atoms with E-state index in [-0.39, 0.29) is 11.4 Å². The van der Waals surface area contributed by atoms with E-state index in [0.717, 1.165) is 12.1 Å². The highest BCUT2D eigenvalue weighted by Crippen LogP contribution is 2.19. The number of likely N-dealkylation sites (N-methyl/N-ethyl adjacent to an activating group) is 1. The molecule has 19 heavy (non-hydrogen) atoms. The summed E-state index contributed by atoms with van der Waals surface area (Å²) in [5.74, 6) is 0.157. The molecule has 1 rings (SSSR count). The normalized spacial score (nSPS) is 11.9. The molecule has 0 bridgehead atoms. The van der Waals surface area contributed by atoms with Crippen molar-refractivity contribution in [2.45, 2.75) is 32.9 Å². The van der Waals surface area contributed by atoms with Gasteiger partial charge in [0.2, 0.25) is 5.88 Å². The molecule has 0 saturated heterocycles. The van der Waals surface area contributed by atoms with Crippen molar-refractivity contribution in [3.05, 3.63) is 23.6 Å². The number of nitrogens with zero attached hydrogens (tertiary/aromatic N) is 2. The van der Waals surface area contributed by atoms with Crippen LogP contribution in [0.3, 0.4) is 0 Å². The van der Waals surface area contributed by atoms with Crippen molar-refractivity contribution in [1.82, 2.24) is 15.2 Å². The Morgan fingerprint density at radius 2 is 2.11 bits per heavy atom. The van der Waals surface area contributed by atoms with Gasteiger partial charge in [-0.1, -0.05) is 6.92 Å². The Balaban J connectivity index is 2.77. The van der Waals surface area contributed by atoms with Crippen molar-refractivity contribution in [1.29, 1.82) is 0 Å². The third-order valence-corrected chi connectivity index (χ3v) is 3.23. The monoisotopic (exact) mass is 269 g/mol. The molecule has 0 fully saturated rings. The van der Waals surface area contributed by atoms with Crippen LogP contribution in [-0.2, 0) is 6.54 Å². The fraction of sp³-hybridized carbons (Fsp3) is 0.643. The van der Waals surface area contributed by atoms with Crippen molar-refractivity contribution < 1.29 is 9.13 Å². The van der Waals surface area contributed by atoms with Crippen LogP contribution in [0.2, 0.25) is 0 Å². The maximum absolute atomic E-state index is 13.2. The summed E-state index contributed by atoms with van der Waals surface area (Å²) < 4.78 is 19.0. The van der Waals surface area contributed by atoms with Gasteiger partial charge >= 0.3 is 0 Å². The minimum absolute atomic E-state index is 0.106. The van der Waals surface area contributed by atoms with E-state index in [9.17, 15) is 4.39 Å². The van der Waals surface area contributed by atoms with Gasteiger partial charge in [-0.25, -0.2) is 9.37 Å². The Labute approximate surface area is 115 Å². The number of hydrogen-bond donors (Lipinski definition) is 1. The quantitative estimate of drug-likeness (QED) is 0.822. The number of rotatable bonds is 7. The van der Waals surface area contributed by atoms with Crippen molar-refractivity contribution >= 4 is 0 Å². The number of pyridine rings is 1. The van der Waals surface area contributed by atoms with Crippen LogP contribution in [0.15, 0.2) is 12.3 Å². The highest BCUT2D eigenvalue weighted by atomic mass is 19.1. The van der Waals surface area contributed by atoms with Gasteiger partial charge in [0.25, 0.3) is 0 Å². The van der Waals surface area contributed by atoms with E-state index >= 15 is 0 Å². The molecule has 0 saturated carbocycles. The highest BCUT2D eigenvalue weighted by molar-refractivity contribution is 5.26. The third-order valence-electron chi connectivity index (χ3n) is 3.23. The van der Waals surface area contributed by atoms with Gasteiger partial charge in [0, 0.05) is 17.6 Å². The summed E-state index contributed by atoms with van der Waals surface area (Å²) in [5, 5.41) is 3.15. The number of halogens is 1. The molecule has 1 N–H and O–H groups in total. The standard InChI is InChI=1S/C14H24FN3O/c1-6-16-8-11-7-12(15)9-17-13(11)19-10-14(2,3)18(4)5/h7,9,16H,6,8,10H2,1-5H3. The lowest BCUT2D eigenvalue weighted by atomic mass is 10.1. The van der Waals surface area contributed by atoms with Crippen LogP contribution in [0, 0.1) is 5.82 Å². The average molecular weight is 269 g/mol. The molecule has 0 aromatic carbocycles. The van der Waals surface area contributed by atoms with Crippen LogP contribution in [0.5, 0.6) is 5.88 Å². The van der Waals surface area contributed by atoms with E-state index in [4.69, 9.17) is 4.74 Å². The zero-order valence-corrected chi connectivity index (χ0v) is 12.5. The van der Waals surface area contributed by atoms with Gasteiger partial charge in [0.15, 0.2) is 0 Å². The third kappa shape index (κ3) is 4.76. The average Bonchev–Trinajstić information content (AvgIpc) is 2.35. The molecule has 1 aromatic heterocycles. The molecule has 0 radical (unpaired) electrons. The molecule has 5 heteroatoms. The van der Waals surface area contributed by atoms with E-state index in [0.29, 0.717) is 19.0 Å². The first-order valence-electron chi connectivity index (χ1n) is 6.52. The molecule has 0 aliphatic rings. The molecular formula is C14H24FN3O. The molecule has 0 atom stereocenters. The summed E-state index contributed by atoms with van der Waals surface area (Å²) in [6.45, 7) is 8.04. The maximum Gasteiger partial charge on any atom is 0.218 e. The topological polar surface area (TPSA) is 37.4 Å². The molecule has 4 nitrogen and oxygen atoms in total. The van der Waals surface area contributed by atoms with Gasteiger partial charge in [-0.15, -0.1) is 0 Å². The predicted molar refractivity (Wildman–Crippen MR) is 74.8 cm³/mol. The molecule has 1 heterocycles. The first kappa shape index (κ1) is 15.9. The summed E-state index contributed by atoms with van der Waals surface area (Å²) in [5.41, 5.74) is 0.641. The van der Waals surface area contributed by atoms with Gasteiger partial charge in [-0.2, -0.15) is 0 Å². The van der Waals surface area contributed by atoms with Crippen LogP contribution in [-0.4, -0.2) is 42.7 Å². The Hall–Kier alpha value is -1.20.